The molecule has 1 fully saturated rings. The van der Waals surface area contributed by atoms with Crippen LogP contribution >= 0.6 is 0 Å². The van der Waals surface area contributed by atoms with E-state index >= 15 is 0 Å². The summed E-state index contributed by atoms with van der Waals surface area (Å²) in [6, 6.07) is 22.4. The van der Waals surface area contributed by atoms with Crippen molar-refractivity contribution >= 4 is 22.4 Å². The molecule has 1 N–H and O–H groups in total. The van der Waals surface area contributed by atoms with Crippen LogP contribution in [0.1, 0.15) is 34.9 Å². The molecule has 2 heterocycles. The second-order valence-electron chi connectivity index (χ2n) is 7.25. The van der Waals surface area contributed by atoms with Gasteiger partial charge >= 0.3 is 0 Å². The molecule has 2 aliphatic rings. The summed E-state index contributed by atoms with van der Waals surface area (Å²) in [5.74, 6) is 0.0674. The molecule has 5 rings (SSSR count). The maximum Gasteiger partial charge on any atom is 0.257 e. The van der Waals surface area contributed by atoms with Crippen LogP contribution in [0.4, 0.5) is 5.69 Å². The van der Waals surface area contributed by atoms with Gasteiger partial charge in [-0.05, 0) is 35.7 Å². The highest BCUT2D eigenvalue weighted by molar-refractivity contribution is 6.02. The number of hydrogen-bond acceptors (Lipinski definition) is 3. The van der Waals surface area contributed by atoms with E-state index in [0.29, 0.717) is 6.54 Å². The smallest absolute Gasteiger partial charge is 0.257 e. The summed E-state index contributed by atoms with van der Waals surface area (Å²) in [6.07, 6.45) is 1.98. The van der Waals surface area contributed by atoms with Crippen molar-refractivity contribution in [2.75, 3.05) is 18.5 Å². The third kappa shape index (κ3) is 2.86. The van der Waals surface area contributed by atoms with Gasteiger partial charge in [-0.1, -0.05) is 54.6 Å². The predicted molar refractivity (Wildman–Crippen MR) is 107 cm³/mol. The van der Waals surface area contributed by atoms with E-state index in [1.165, 1.54) is 10.8 Å². The minimum absolute atomic E-state index is 0.0674. The Kier molecular flexibility index (Phi) is 4.06. The van der Waals surface area contributed by atoms with Crippen LogP contribution in [0, 0.1) is 0 Å². The number of carbonyl (C=O) groups excluding carboxylic acids is 1. The normalized spacial score (nSPS) is 21.9. The average Bonchev–Trinajstić information content (AvgIpc) is 3.23. The quantitative estimate of drug-likeness (QED) is 0.745. The molecule has 0 unspecified atom stereocenters. The summed E-state index contributed by atoms with van der Waals surface area (Å²) in [7, 11) is 0. The third-order valence-electron chi connectivity index (χ3n) is 5.56. The van der Waals surface area contributed by atoms with Crippen molar-refractivity contribution in [3.05, 3.63) is 77.9 Å². The fraction of sp³-hybridized carbons (Fsp3) is 0.261. The van der Waals surface area contributed by atoms with Crippen molar-refractivity contribution in [3.63, 3.8) is 0 Å². The number of fused-ring (bicyclic) bond motifs is 2. The van der Waals surface area contributed by atoms with Crippen molar-refractivity contribution in [1.29, 1.82) is 0 Å². The highest BCUT2D eigenvalue weighted by atomic mass is 16.5. The number of nitrogens with one attached hydrogen (secondary N) is 1. The summed E-state index contributed by atoms with van der Waals surface area (Å²) in [4.78, 5) is 15.3. The van der Waals surface area contributed by atoms with Gasteiger partial charge < -0.3 is 15.0 Å². The van der Waals surface area contributed by atoms with Gasteiger partial charge in [0.2, 0.25) is 0 Å². The van der Waals surface area contributed by atoms with Gasteiger partial charge in [0, 0.05) is 24.4 Å². The fourth-order valence-electron chi connectivity index (χ4n) is 4.22. The molecular weight excluding hydrogens is 336 g/mol. The summed E-state index contributed by atoms with van der Waals surface area (Å²) >= 11 is 0. The topological polar surface area (TPSA) is 41.6 Å². The van der Waals surface area contributed by atoms with Crippen LogP contribution in [0.2, 0.25) is 0 Å². The Morgan fingerprint density at radius 2 is 1.81 bits per heavy atom. The van der Waals surface area contributed by atoms with Crippen molar-refractivity contribution in [1.82, 2.24) is 4.90 Å². The van der Waals surface area contributed by atoms with Gasteiger partial charge in [0.15, 0.2) is 0 Å². The minimum Gasteiger partial charge on any atom is -0.376 e. The van der Waals surface area contributed by atoms with E-state index in [1.807, 2.05) is 35.2 Å². The number of rotatable bonds is 3. The molecule has 2 aliphatic heterocycles. The summed E-state index contributed by atoms with van der Waals surface area (Å²) in [5.41, 5.74) is 2.74. The molecular formula is C23H22N2O2. The van der Waals surface area contributed by atoms with Gasteiger partial charge in [-0.2, -0.15) is 0 Å². The monoisotopic (exact) mass is 358 g/mol. The molecule has 3 aromatic rings. The van der Waals surface area contributed by atoms with Gasteiger partial charge in [0.05, 0.1) is 11.7 Å². The van der Waals surface area contributed by atoms with Crippen LogP contribution in [0.25, 0.3) is 10.8 Å². The van der Waals surface area contributed by atoms with E-state index in [9.17, 15) is 4.79 Å². The number of nitrogens with zero attached hydrogens (tertiary/aromatic N) is 1. The van der Waals surface area contributed by atoms with Gasteiger partial charge in [-0.3, -0.25) is 4.79 Å². The van der Waals surface area contributed by atoms with E-state index in [4.69, 9.17) is 4.74 Å². The number of ether oxygens (including phenoxy) is 1. The Bertz CT molecular complexity index is 989. The van der Waals surface area contributed by atoms with Crippen LogP contribution in [0.15, 0.2) is 66.7 Å². The lowest BCUT2D eigenvalue weighted by molar-refractivity contribution is 0.0428. The van der Waals surface area contributed by atoms with Crippen LogP contribution in [-0.2, 0) is 4.74 Å². The second kappa shape index (κ2) is 6.71. The summed E-state index contributed by atoms with van der Waals surface area (Å²) in [6.45, 7) is 1.39. The number of benzene rings is 3. The zero-order chi connectivity index (χ0) is 18.2. The molecule has 0 saturated carbocycles. The molecule has 4 nitrogen and oxygen atoms in total. The van der Waals surface area contributed by atoms with Crippen molar-refractivity contribution in [2.24, 2.45) is 0 Å². The number of anilines is 1. The van der Waals surface area contributed by atoms with E-state index in [-0.39, 0.29) is 18.2 Å². The Balaban J connectivity index is 1.62. The Morgan fingerprint density at radius 1 is 1.00 bits per heavy atom. The highest BCUT2D eigenvalue weighted by Crippen LogP contribution is 2.36. The molecule has 27 heavy (non-hydrogen) atoms. The molecule has 0 aliphatic carbocycles. The fourth-order valence-corrected chi connectivity index (χ4v) is 4.22. The largest absolute Gasteiger partial charge is 0.376 e. The van der Waals surface area contributed by atoms with E-state index in [2.05, 4.69) is 41.7 Å². The standard InChI is InChI=1S/C23H22N2O2/c26-23-20-11-3-4-13-21(20)24-22(25(23)15-17-9-6-14-27-17)19-12-5-8-16-7-1-2-10-18(16)19/h1-5,7-8,10-13,17,22,24H,6,9,14-15H2/t17-,22+/m0/s1. The van der Waals surface area contributed by atoms with Crippen LogP contribution in [-0.4, -0.2) is 30.1 Å². The van der Waals surface area contributed by atoms with Crippen LogP contribution < -0.4 is 5.32 Å². The Hall–Kier alpha value is -2.85. The lowest BCUT2D eigenvalue weighted by Crippen LogP contribution is -2.46. The van der Waals surface area contributed by atoms with Crippen LogP contribution in [0.5, 0.6) is 0 Å². The molecule has 136 valence electrons. The maximum absolute atomic E-state index is 13.4. The molecule has 2 atom stereocenters. The lowest BCUT2D eigenvalue weighted by atomic mass is 9.98. The summed E-state index contributed by atoms with van der Waals surface area (Å²) in [5, 5.41) is 5.96. The van der Waals surface area contributed by atoms with E-state index in [1.54, 1.807) is 0 Å². The molecule has 0 spiro atoms. The van der Waals surface area contributed by atoms with Crippen molar-refractivity contribution in [2.45, 2.75) is 25.1 Å². The number of para-hydroxylation sites is 1. The number of amides is 1. The molecule has 0 radical (unpaired) electrons. The number of hydrogen-bond donors (Lipinski definition) is 1. The SMILES string of the molecule is O=C1c2ccccc2N[C@@H](c2cccc3ccccc23)N1C[C@@H]1CCCO1. The highest BCUT2D eigenvalue weighted by Gasteiger charge is 2.35. The second-order valence-corrected chi connectivity index (χ2v) is 7.25. The lowest BCUT2D eigenvalue weighted by Gasteiger charge is -2.39. The third-order valence-corrected chi connectivity index (χ3v) is 5.56. The first-order valence-electron chi connectivity index (χ1n) is 9.57. The van der Waals surface area contributed by atoms with Gasteiger partial charge in [-0.25, -0.2) is 0 Å². The van der Waals surface area contributed by atoms with Crippen molar-refractivity contribution in [3.8, 4) is 0 Å². The predicted octanol–water partition coefficient (Wildman–Crippen LogP) is 4.59. The van der Waals surface area contributed by atoms with E-state index < -0.39 is 0 Å². The summed E-state index contributed by atoms with van der Waals surface area (Å²) < 4.78 is 5.84. The van der Waals surface area contributed by atoms with Gasteiger partial charge in [0.1, 0.15) is 6.17 Å². The zero-order valence-corrected chi connectivity index (χ0v) is 15.1. The molecule has 3 aromatic carbocycles. The average molecular weight is 358 g/mol. The van der Waals surface area contributed by atoms with Crippen LogP contribution in [0.3, 0.4) is 0 Å². The maximum atomic E-state index is 13.4. The van der Waals surface area contributed by atoms with Gasteiger partial charge in [-0.15, -0.1) is 0 Å². The molecule has 1 saturated heterocycles. The molecule has 0 aromatic heterocycles. The van der Waals surface area contributed by atoms with Crippen molar-refractivity contribution < 1.29 is 9.53 Å². The zero-order valence-electron chi connectivity index (χ0n) is 15.1. The molecule has 0 bridgehead atoms. The first kappa shape index (κ1) is 16.3. The molecule has 4 heteroatoms. The number of carbonyl (C=O) groups is 1. The first-order chi connectivity index (χ1) is 13.3. The van der Waals surface area contributed by atoms with Gasteiger partial charge in [0.25, 0.3) is 5.91 Å². The Labute approximate surface area is 158 Å². The molecule has 1 amide bonds. The first-order valence-corrected chi connectivity index (χ1v) is 9.57. The Morgan fingerprint density at radius 3 is 2.70 bits per heavy atom. The van der Waals surface area contributed by atoms with E-state index in [0.717, 1.165) is 36.3 Å². The minimum atomic E-state index is -0.206.